The Hall–Kier alpha value is -3.18. The van der Waals surface area contributed by atoms with Crippen molar-refractivity contribution in [2.24, 2.45) is 0 Å². The summed E-state index contributed by atoms with van der Waals surface area (Å²) in [5, 5.41) is 9.53. The lowest BCUT2D eigenvalue weighted by molar-refractivity contribution is -0.161. The van der Waals surface area contributed by atoms with Crippen LogP contribution in [-0.4, -0.2) is 36.4 Å². The van der Waals surface area contributed by atoms with E-state index in [9.17, 15) is 14.7 Å². The minimum Gasteiger partial charge on any atom is -0.462 e. The molecule has 264 valence electrons. The monoisotopic (exact) mass is 650 g/mol. The lowest BCUT2D eigenvalue weighted by Gasteiger charge is -2.15. The Balaban J connectivity index is 3.68. The van der Waals surface area contributed by atoms with Gasteiger partial charge in [-0.2, -0.15) is 0 Å². The molecule has 0 aromatic heterocycles. The summed E-state index contributed by atoms with van der Waals surface area (Å²) in [5.41, 5.74) is 0. The minimum atomic E-state index is -0.807. The number of carbonyl (C=O) groups is 2. The number of allylic oxidation sites excluding steroid dienone is 16. The van der Waals surface area contributed by atoms with Gasteiger partial charge in [0.15, 0.2) is 6.10 Å². The van der Waals surface area contributed by atoms with Crippen LogP contribution in [0.15, 0.2) is 97.2 Å². The normalized spacial score (nSPS) is 13.3. The second-order valence-electron chi connectivity index (χ2n) is 11.7. The fraction of sp³-hybridized carbons (Fsp3) is 0.571. The van der Waals surface area contributed by atoms with Gasteiger partial charge in [0.25, 0.3) is 0 Å². The second-order valence-corrected chi connectivity index (χ2v) is 11.7. The van der Waals surface area contributed by atoms with Gasteiger partial charge in [-0.25, -0.2) is 0 Å². The van der Waals surface area contributed by atoms with Crippen LogP contribution in [0.2, 0.25) is 0 Å². The van der Waals surface area contributed by atoms with Crippen LogP contribution in [0.4, 0.5) is 0 Å². The summed E-state index contributed by atoms with van der Waals surface area (Å²) in [7, 11) is 0. The molecule has 5 heteroatoms. The van der Waals surface area contributed by atoms with E-state index in [1.165, 1.54) is 51.4 Å². The highest BCUT2D eigenvalue weighted by atomic mass is 16.6. The molecule has 47 heavy (non-hydrogen) atoms. The largest absolute Gasteiger partial charge is 0.462 e. The highest BCUT2D eigenvalue weighted by Crippen LogP contribution is 2.13. The first-order chi connectivity index (χ1) is 23.1. The molecule has 5 nitrogen and oxygen atoms in total. The Morgan fingerprint density at radius 3 is 1.57 bits per heavy atom. The first kappa shape index (κ1) is 43.8. The summed E-state index contributed by atoms with van der Waals surface area (Å²) in [6.07, 6.45) is 51.9. The molecule has 1 N–H and O–H groups in total. The standard InChI is InChI=1S/C42H66O5/c1-3-5-7-9-11-13-15-17-18-19-20-21-22-23-25-27-29-31-33-35-37-42(45)47-40(38-43)39-46-41(44)36-34-32-30-28-26-24-16-14-12-10-8-6-4-2/h5-8,10-14,16-18,24,26,28,30,40,43H,3-4,9,15,19-23,25,27,29,31-39H2,1-2H3/b7-5+,8-6+,12-10+,13-11+,16-14+,18-17+,26-24+,30-28+. The minimum absolute atomic E-state index is 0.111. The van der Waals surface area contributed by atoms with E-state index in [1.54, 1.807) is 0 Å². The Morgan fingerprint density at radius 2 is 0.979 bits per heavy atom. The molecule has 1 unspecified atom stereocenters. The molecule has 1 atom stereocenters. The van der Waals surface area contributed by atoms with E-state index in [2.05, 4.69) is 56.4 Å². The van der Waals surface area contributed by atoms with Crippen LogP contribution < -0.4 is 0 Å². The average molecular weight is 651 g/mol. The Labute approximate surface area is 288 Å². The van der Waals surface area contributed by atoms with Gasteiger partial charge >= 0.3 is 11.9 Å². The Kier molecular flexibility index (Phi) is 34.8. The van der Waals surface area contributed by atoms with Crippen LogP contribution in [0.5, 0.6) is 0 Å². The topological polar surface area (TPSA) is 72.8 Å². The quantitative estimate of drug-likeness (QED) is 0.0350. The molecule has 0 aromatic rings. The number of rotatable bonds is 31. The Bertz CT molecular complexity index is 964. The van der Waals surface area contributed by atoms with E-state index in [4.69, 9.17) is 9.47 Å². The molecule has 0 aliphatic heterocycles. The number of hydrogen-bond donors (Lipinski definition) is 1. The molecule has 0 spiro atoms. The maximum atomic E-state index is 12.2. The molecule has 0 aromatic carbocycles. The van der Waals surface area contributed by atoms with Gasteiger partial charge < -0.3 is 14.6 Å². The number of aliphatic hydroxyl groups excluding tert-OH is 1. The first-order valence-corrected chi connectivity index (χ1v) is 18.4. The van der Waals surface area contributed by atoms with Crippen molar-refractivity contribution in [2.75, 3.05) is 13.2 Å². The third kappa shape index (κ3) is 35.5. The van der Waals surface area contributed by atoms with E-state index < -0.39 is 6.10 Å². The van der Waals surface area contributed by atoms with E-state index in [0.29, 0.717) is 12.8 Å². The summed E-state index contributed by atoms with van der Waals surface area (Å²) in [4.78, 5) is 24.2. The zero-order valence-corrected chi connectivity index (χ0v) is 29.7. The van der Waals surface area contributed by atoms with Gasteiger partial charge in [-0.05, 0) is 57.8 Å². The fourth-order valence-electron chi connectivity index (χ4n) is 4.54. The summed E-state index contributed by atoms with van der Waals surface area (Å²) < 4.78 is 10.5. The van der Waals surface area contributed by atoms with Crippen molar-refractivity contribution >= 4 is 11.9 Å². The van der Waals surface area contributed by atoms with Crippen LogP contribution in [-0.2, 0) is 19.1 Å². The molecule has 0 bridgehead atoms. The lowest BCUT2D eigenvalue weighted by atomic mass is 10.0. The molecule has 0 saturated heterocycles. The van der Waals surface area contributed by atoms with Crippen molar-refractivity contribution in [3.05, 3.63) is 97.2 Å². The number of unbranched alkanes of at least 4 members (excludes halogenated alkanes) is 11. The van der Waals surface area contributed by atoms with E-state index >= 15 is 0 Å². The van der Waals surface area contributed by atoms with Crippen molar-refractivity contribution in [1.82, 2.24) is 0 Å². The average Bonchev–Trinajstić information content (AvgIpc) is 3.07. The van der Waals surface area contributed by atoms with Gasteiger partial charge in [0.2, 0.25) is 0 Å². The number of carbonyl (C=O) groups excluding carboxylic acids is 2. The van der Waals surface area contributed by atoms with E-state index in [0.717, 1.165) is 51.4 Å². The summed E-state index contributed by atoms with van der Waals surface area (Å²) in [6, 6.07) is 0. The molecule has 0 radical (unpaired) electrons. The van der Waals surface area contributed by atoms with Crippen molar-refractivity contribution in [2.45, 2.75) is 142 Å². The lowest BCUT2D eigenvalue weighted by Crippen LogP contribution is -2.28. The Morgan fingerprint density at radius 1 is 0.511 bits per heavy atom. The molecular weight excluding hydrogens is 584 g/mol. The number of hydrogen-bond acceptors (Lipinski definition) is 5. The highest BCUT2D eigenvalue weighted by molar-refractivity contribution is 5.70. The first-order valence-electron chi connectivity index (χ1n) is 18.4. The highest BCUT2D eigenvalue weighted by Gasteiger charge is 2.16. The zero-order chi connectivity index (χ0) is 34.3. The third-order valence-electron chi connectivity index (χ3n) is 7.25. The predicted octanol–water partition coefficient (Wildman–Crippen LogP) is 11.3. The molecular formula is C42H66O5. The zero-order valence-electron chi connectivity index (χ0n) is 29.7. The van der Waals surface area contributed by atoms with Crippen molar-refractivity contribution < 1.29 is 24.2 Å². The van der Waals surface area contributed by atoms with Gasteiger partial charge in [-0.3, -0.25) is 9.59 Å². The van der Waals surface area contributed by atoms with E-state index in [-0.39, 0.29) is 31.6 Å². The fourth-order valence-corrected chi connectivity index (χ4v) is 4.54. The van der Waals surface area contributed by atoms with Crippen LogP contribution in [0.1, 0.15) is 136 Å². The SMILES string of the molecule is CC/C=C/C=C/C=C/C=C/C=C/CCCC(=O)OCC(CO)OC(=O)CCCCCCCCCCCC/C=C/C/C=C/C/C=C/CC. The maximum absolute atomic E-state index is 12.2. The molecule has 0 amide bonds. The molecule has 0 fully saturated rings. The third-order valence-corrected chi connectivity index (χ3v) is 7.25. The molecule has 0 heterocycles. The molecule has 0 aliphatic rings. The molecule has 0 rings (SSSR count). The number of aliphatic hydroxyl groups is 1. The predicted molar refractivity (Wildman–Crippen MR) is 200 cm³/mol. The van der Waals surface area contributed by atoms with Crippen LogP contribution in [0, 0.1) is 0 Å². The van der Waals surface area contributed by atoms with Gasteiger partial charge in [0, 0.05) is 12.8 Å². The van der Waals surface area contributed by atoms with Crippen molar-refractivity contribution in [3.8, 4) is 0 Å². The summed E-state index contributed by atoms with van der Waals surface area (Å²) in [5.74, 6) is -0.693. The van der Waals surface area contributed by atoms with E-state index in [1.807, 2.05) is 54.7 Å². The molecule has 0 aliphatic carbocycles. The maximum Gasteiger partial charge on any atom is 0.306 e. The summed E-state index contributed by atoms with van der Waals surface area (Å²) in [6.45, 7) is 3.79. The van der Waals surface area contributed by atoms with Gasteiger partial charge in [-0.1, -0.05) is 162 Å². The van der Waals surface area contributed by atoms with Crippen LogP contribution >= 0.6 is 0 Å². The molecule has 0 saturated carbocycles. The number of esters is 2. The second kappa shape index (κ2) is 37.3. The smallest absolute Gasteiger partial charge is 0.306 e. The van der Waals surface area contributed by atoms with Crippen LogP contribution in [0.3, 0.4) is 0 Å². The van der Waals surface area contributed by atoms with Gasteiger partial charge in [0.05, 0.1) is 6.61 Å². The van der Waals surface area contributed by atoms with Crippen LogP contribution in [0.25, 0.3) is 0 Å². The van der Waals surface area contributed by atoms with Crippen molar-refractivity contribution in [3.63, 3.8) is 0 Å². The number of ether oxygens (including phenoxy) is 2. The van der Waals surface area contributed by atoms with Crippen molar-refractivity contribution in [1.29, 1.82) is 0 Å². The van der Waals surface area contributed by atoms with Gasteiger partial charge in [0.1, 0.15) is 6.61 Å². The van der Waals surface area contributed by atoms with Gasteiger partial charge in [-0.15, -0.1) is 0 Å². The summed E-state index contributed by atoms with van der Waals surface area (Å²) >= 11 is 0.